The van der Waals surface area contributed by atoms with Crippen LogP contribution in [-0.2, 0) is 5.41 Å². The Morgan fingerprint density at radius 1 is 0.432 bits per heavy atom. The Hall–Kier alpha value is -4.96. The molecule has 0 radical (unpaired) electrons. The van der Waals surface area contributed by atoms with Gasteiger partial charge in [-0.05, 0) is 80.2 Å². The number of phenolic OH excluding ortho intramolecular Hbond substituents is 4. The summed E-state index contributed by atoms with van der Waals surface area (Å²) < 4.78 is 0. The Balaban J connectivity index is 1.81. The van der Waals surface area contributed by atoms with E-state index in [-0.39, 0.29) is 23.0 Å². The fourth-order valence-corrected chi connectivity index (χ4v) is 6.28. The second kappa shape index (κ2) is 7.52. The highest BCUT2D eigenvalue weighted by atomic mass is 16.3. The van der Waals surface area contributed by atoms with Gasteiger partial charge in [-0.1, -0.05) is 72.8 Å². The third kappa shape index (κ3) is 2.78. The van der Waals surface area contributed by atoms with Gasteiger partial charge in [-0.2, -0.15) is 0 Å². The molecule has 0 aliphatic heterocycles. The molecule has 6 aromatic rings. The van der Waals surface area contributed by atoms with Crippen LogP contribution >= 0.6 is 0 Å². The summed E-state index contributed by atoms with van der Waals surface area (Å²) in [6, 6.07) is 33.2. The highest BCUT2D eigenvalue weighted by Gasteiger charge is 2.50. The van der Waals surface area contributed by atoms with Crippen molar-refractivity contribution in [1.29, 1.82) is 0 Å². The minimum absolute atomic E-state index is 0.0427. The molecule has 37 heavy (non-hydrogen) atoms. The number of rotatable bonds is 2. The summed E-state index contributed by atoms with van der Waals surface area (Å²) in [7, 11) is 0. The first kappa shape index (κ1) is 21.3. The van der Waals surface area contributed by atoms with Crippen LogP contribution in [0.15, 0.2) is 109 Å². The van der Waals surface area contributed by atoms with E-state index >= 15 is 0 Å². The van der Waals surface area contributed by atoms with Crippen molar-refractivity contribution in [3.8, 4) is 34.1 Å². The molecule has 0 fully saturated rings. The largest absolute Gasteiger partial charge is 0.508 e. The van der Waals surface area contributed by atoms with Crippen LogP contribution in [0.1, 0.15) is 22.3 Å². The van der Waals surface area contributed by atoms with Gasteiger partial charge in [0.05, 0.1) is 5.41 Å². The lowest BCUT2D eigenvalue weighted by molar-refractivity contribution is 0.450. The van der Waals surface area contributed by atoms with Crippen molar-refractivity contribution in [2.24, 2.45) is 0 Å². The quantitative estimate of drug-likeness (QED) is 0.210. The normalized spacial score (nSPS) is 13.5. The third-order valence-electron chi connectivity index (χ3n) is 7.67. The summed E-state index contributed by atoms with van der Waals surface area (Å²) in [6.07, 6.45) is 0. The standard InChI is InChI=1S/C33H22O4/c34-21-13-9-19-11-15-29(36)31(25(19)17-21)33(32-26-18-22(35)14-10-20(26)12-16-30(32)37)27-7-3-1-5-23(27)24-6-2-4-8-28(24)33/h1-18,34-37H. The fraction of sp³-hybridized carbons (Fsp3) is 0.0303. The van der Waals surface area contributed by atoms with Crippen LogP contribution in [0.5, 0.6) is 23.0 Å². The van der Waals surface area contributed by atoms with Crippen LogP contribution in [0.2, 0.25) is 0 Å². The Morgan fingerprint density at radius 3 is 1.30 bits per heavy atom. The number of hydrogen-bond acceptors (Lipinski definition) is 4. The maximum atomic E-state index is 11.6. The van der Waals surface area contributed by atoms with E-state index < -0.39 is 5.41 Å². The molecule has 6 aromatic carbocycles. The van der Waals surface area contributed by atoms with Crippen LogP contribution in [0.3, 0.4) is 0 Å². The summed E-state index contributed by atoms with van der Waals surface area (Å²) in [6.45, 7) is 0. The van der Waals surface area contributed by atoms with Gasteiger partial charge >= 0.3 is 0 Å². The predicted molar refractivity (Wildman–Crippen MR) is 145 cm³/mol. The van der Waals surface area contributed by atoms with Crippen molar-refractivity contribution in [3.05, 3.63) is 131 Å². The van der Waals surface area contributed by atoms with E-state index in [4.69, 9.17) is 0 Å². The van der Waals surface area contributed by atoms with Crippen molar-refractivity contribution < 1.29 is 20.4 Å². The van der Waals surface area contributed by atoms with Crippen LogP contribution in [0.4, 0.5) is 0 Å². The Morgan fingerprint density at radius 2 is 0.838 bits per heavy atom. The molecule has 1 aliphatic carbocycles. The number of hydrogen-bond donors (Lipinski definition) is 4. The monoisotopic (exact) mass is 482 g/mol. The number of benzene rings is 6. The van der Waals surface area contributed by atoms with Crippen molar-refractivity contribution >= 4 is 21.5 Å². The summed E-state index contributed by atoms with van der Waals surface area (Å²) in [5, 5.41) is 47.4. The van der Waals surface area contributed by atoms with Gasteiger partial charge in [0.15, 0.2) is 0 Å². The Labute approximate surface area is 213 Å². The molecule has 178 valence electrons. The van der Waals surface area contributed by atoms with Gasteiger partial charge in [-0.15, -0.1) is 0 Å². The average molecular weight is 483 g/mol. The molecule has 7 rings (SSSR count). The van der Waals surface area contributed by atoms with E-state index in [1.54, 1.807) is 36.4 Å². The lowest BCUT2D eigenvalue weighted by atomic mass is 9.64. The van der Waals surface area contributed by atoms with Gasteiger partial charge in [0.25, 0.3) is 0 Å². The molecule has 0 saturated heterocycles. The van der Waals surface area contributed by atoms with Crippen LogP contribution in [-0.4, -0.2) is 20.4 Å². The molecule has 0 spiro atoms. The third-order valence-corrected chi connectivity index (χ3v) is 7.67. The Kier molecular flexibility index (Phi) is 4.33. The lowest BCUT2D eigenvalue weighted by Crippen LogP contribution is -2.29. The van der Waals surface area contributed by atoms with Crippen molar-refractivity contribution in [3.63, 3.8) is 0 Å². The lowest BCUT2D eigenvalue weighted by Gasteiger charge is -2.36. The molecule has 0 bridgehead atoms. The smallest absolute Gasteiger partial charge is 0.121 e. The Bertz CT molecular complexity index is 1740. The molecule has 0 amide bonds. The second-order valence-electron chi connectivity index (χ2n) is 9.57. The molecule has 4 heteroatoms. The van der Waals surface area contributed by atoms with Gasteiger partial charge < -0.3 is 20.4 Å². The fourth-order valence-electron chi connectivity index (χ4n) is 6.28. The van der Waals surface area contributed by atoms with E-state index in [0.717, 1.165) is 33.0 Å². The summed E-state index contributed by atoms with van der Waals surface area (Å²) in [4.78, 5) is 0. The zero-order valence-electron chi connectivity index (χ0n) is 19.7. The molecular formula is C33H22O4. The molecule has 4 nitrogen and oxygen atoms in total. The zero-order chi connectivity index (χ0) is 25.3. The summed E-state index contributed by atoms with van der Waals surface area (Å²) >= 11 is 0. The van der Waals surface area contributed by atoms with Gasteiger partial charge in [-0.3, -0.25) is 0 Å². The SMILES string of the molecule is Oc1ccc2ccc(O)c(C3(c4c(O)ccc5ccc(O)cc45)c4ccccc4-c4ccccc43)c2c1. The van der Waals surface area contributed by atoms with E-state index in [1.165, 1.54) is 0 Å². The zero-order valence-corrected chi connectivity index (χ0v) is 19.7. The van der Waals surface area contributed by atoms with Gasteiger partial charge in [-0.25, -0.2) is 0 Å². The van der Waals surface area contributed by atoms with E-state index in [1.807, 2.05) is 60.7 Å². The van der Waals surface area contributed by atoms with Gasteiger partial charge in [0.1, 0.15) is 23.0 Å². The van der Waals surface area contributed by atoms with Crippen molar-refractivity contribution in [1.82, 2.24) is 0 Å². The van der Waals surface area contributed by atoms with Crippen LogP contribution in [0, 0.1) is 0 Å². The molecule has 0 aromatic heterocycles. The van der Waals surface area contributed by atoms with Crippen molar-refractivity contribution in [2.75, 3.05) is 0 Å². The average Bonchev–Trinajstić information content (AvgIpc) is 3.19. The first-order valence-corrected chi connectivity index (χ1v) is 12.1. The van der Waals surface area contributed by atoms with Gasteiger partial charge in [0.2, 0.25) is 0 Å². The second-order valence-corrected chi connectivity index (χ2v) is 9.57. The maximum absolute atomic E-state index is 11.6. The molecule has 0 heterocycles. The highest BCUT2D eigenvalue weighted by Crippen LogP contribution is 2.61. The molecule has 0 unspecified atom stereocenters. The van der Waals surface area contributed by atoms with Crippen molar-refractivity contribution in [2.45, 2.75) is 5.41 Å². The first-order valence-electron chi connectivity index (χ1n) is 12.1. The van der Waals surface area contributed by atoms with E-state index in [0.29, 0.717) is 21.9 Å². The number of phenols is 4. The molecule has 0 saturated carbocycles. The topological polar surface area (TPSA) is 80.9 Å². The molecule has 1 aliphatic rings. The first-order chi connectivity index (χ1) is 18.0. The van der Waals surface area contributed by atoms with E-state index in [2.05, 4.69) is 12.1 Å². The predicted octanol–water partition coefficient (Wildman–Crippen LogP) is 7.18. The number of aromatic hydroxyl groups is 4. The maximum Gasteiger partial charge on any atom is 0.121 e. The van der Waals surface area contributed by atoms with Crippen LogP contribution < -0.4 is 0 Å². The summed E-state index contributed by atoms with van der Waals surface area (Å²) in [5.41, 5.74) is 3.75. The highest BCUT2D eigenvalue weighted by molar-refractivity contribution is 6.01. The van der Waals surface area contributed by atoms with Crippen LogP contribution in [0.25, 0.3) is 32.7 Å². The molecule has 4 N–H and O–H groups in total. The minimum atomic E-state index is -1.15. The van der Waals surface area contributed by atoms with Gasteiger partial charge in [0, 0.05) is 11.1 Å². The number of fused-ring (bicyclic) bond motifs is 5. The molecular weight excluding hydrogens is 460 g/mol. The minimum Gasteiger partial charge on any atom is -0.508 e. The van der Waals surface area contributed by atoms with E-state index in [9.17, 15) is 20.4 Å². The molecule has 0 atom stereocenters. The summed E-state index contributed by atoms with van der Waals surface area (Å²) in [5.74, 6) is 0.241.